The second kappa shape index (κ2) is 5.33. The summed E-state index contributed by atoms with van der Waals surface area (Å²) in [6, 6.07) is 2.08. The minimum absolute atomic E-state index is 0.102. The van der Waals surface area contributed by atoms with E-state index in [1.54, 1.807) is 6.92 Å². The molecule has 1 aliphatic rings. The van der Waals surface area contributed by atoms with Crippen molar-refractivity contribution < 1.29 is 9.53 Å². The van der Waals surface area contributed by atoms with Crippen LogP contribution in [0.25, 0.3) is 0 Å². The topological polar surface area (TPSA) is 88.1 Å². The Morgan fingerprint density at radius 2 is 2.25 bits per heavy atom. The van der Waals surface area contributed by atoms with E-state index in [1.807, 2.05) is 0 Å². The summed E-state index contributed by atoms with van der Waals surface area (Å²) in [5.41, 5.74) is 6.35. The predicted molar refractivity (Wildman–Crippen MR) is 79.8 cm³/mol. The van der Waals surface area contributed by atoms with Crippen LogP contribution in [-0.4, -0.2) is 18.1 Å². The fraction of sp³-hybridized carbons (Fsp3) is 0.571. The van der Waals surface area contributed by atoms with Crippen LogP contribution in [0.1, 0.15) is 48.8 Å². The molecule has 2 rings (SSSR count). The third-order valence-electron chi connectivity index (χ3n) is 3.55. The molecule has 1 aromatic rings. The summed E-state index contributed by atoms with van der Waals surface area (Å²) >= 11 is 1.20. The third-order valence-corrected chi connectivity index (χ3v) is 4.65. The highest BCUT2D eigenvalue weighted by Crippen LogP contribution is 2.44. The van der Waals surface area contributed by atoms with E-state index < -0.39 is 5.97 Å². The minimum Gasteiger partial charge on any atom is -0.462 e. The van der Waals surface area contributed by atoms with Crippen molar-refractivity contribution in [1.82, 2.24) is 0 Å². The fourth-order valence-corrected chi connectivity index (χ4v) is 3.32. The van der Waals surface area contributed by atoms with Crippen LogP contribution in [0.2, 0.25) is 0 Å². The zero-order valence-corrected chi connectivity index (χ0v) is 12.8. The van der Waals surface area contributed by atoms with Crippen molar-refractivity contribution in [2.75, 3.05) is 17.7 Å². The van der Waals surface area contributed by atoms with Crippen LogP contribution in [0.3, 0.4) is 0 Å². The Kier molecular flexibility index (Phi) is 3.91. The second-order valence-electron chi connectivity index (χ2n) is 5.50. The summed E-state index contributed by atoms with van der Waals surface area (Å²) in [6.07, 6.45) is 2.38. The number of ether oxygens (including phenoxy) is 1. The molecule has 6 heteroatoms. The quantitative estimate of drug-likeness (QED) is 0.815. The lowest BCUT2D eigenvalue weighted by Gasteiger charge is -2.26. The van der Waals surface area contributed by atoms with Crippen LogP contribution in [0.5, 0.6) is 0 Å². The summed E-state index contributed by atoms with van der Waals surface area (Å²) < 4.78 is 4.97. The highest BCUT2D eigenvalue weighted by molar-refractivity contribution is 7.18. The number of carbonyl (C=O) groups is 1. The van der Waals surface area contributed by atoms with Gasteiger partial charge >= 0.3 is 5.97 Å². The Bertz CT molecular complexity index is 568. The molecule has 108 valence electrons. The largest absolute Gasteiger partial charge is 0.462 e. The van der Waals surface area contributed by atoms with Crippen LogP contribution in [0, 0.1) is 17.2 Å². The van der Waals surface area contributed by atoms with Gasteiger partial charge in [0.2, 0.25) is 0 Å². The number of nitrogens with one attached hydrogen (secondary N) is 1. The number of nitrogens with two attached hydrogens (primary N) is 1. The normalized spacial score (nSPS) is 14.7. The van der Waals surface area contributed by atoms with Crippen molar-refractivity contribution in [3.05, 3.63) is 10.4 Å². The van der Waals surface area contributed by atoms with Crippen molar-refractivity contribution in [2.45, 2.75) is 39.2 Å². The summed E-state index contributed by atoms with van der Waals surface area (Å²) in [6.45, 7) is 6.23. The Hall–Kier alpha value is -1.74. The van der Waals surface area contributed by atoms with Crippen LogP contribution >= 0.6 is 11.3 Å². The molecule has 5 nitrogen and oxygen atoms in total. The smallest absolute Gasteiger partial charge is 0.350 e. The van der Waals surface area contributed by atoms with Crippen molar-refractivity contribution in [3.63, 3.8) is 0 Å². The first kappa shape index (κ1) is 14.7. The van der Waals surface area contributed by atoms with E-state index in [0.29, 0.717) is 21.4 Å². The number of esters is 1. The molecule has 3 N–H and O–H groups in total. The number of nitrogen functional groups attached to an aromatic ring is 1. The molecule has 20 heavy (non-hydrogen) atoms. The molecule has 1 heterocycles. The summed E-state index contributed by atoms with van der Waals surface area (Å²) in [7, 11) is 0. The van der Waals surface area contributed by atoms with Crippen LogP contribution in [0.4, 0.5) is 10.7 Å². The van der Waals surface area contributed by atoms with Crippen molar-refractivity contribution in [3.8, 4) is 6.07 Å². The maximum Gasteiger partial charge on any atom is 0.350 e. The van der Waals surface area contributed by atoms with Gasteiger partial charge in [0.25, 0.3) is 0 Å². The van der Waals surface area contributed by atoms with Crippen molar-refractivity contribution in [2.24, 2.45) is 5.92 Å². The van der Waals surface area contributed by atoms with Gasteiger partial charge in [-0.3, -0.25) is 0 Å². The SMILES string of the molecule is CCOC(=O)c1sc(NC(C)(C)C2CC2)c(C#N)c1N. The van der Waals surface area contributed by atoms with E-state index in [2.05, 4.69) is 25.2 Å². The standard InChI is InChI=1S/C14H19N3O2S/c1-4-19-13(18)11-10(16)9(7-15)12(20-11)17-14(2,3)8-5-6-8/h8,17H,4-6,16H2,1-3H3. The summed E-state index contributed by atoms with van der Waals surface area (Å²) in [4.78, 5) is 12.1. The van der Waals surface area contributed by atoms with E-state index in [1.165, 1.54) is 24.2 Å². The Morgan fingerprint density at radius 1 is 1.60 bits per heavy atom. The fourth-order valence-electron chi connectivity index (χ4n) is 2.19. The molecule has 1 aliphatic carbocycles. The number of nitrogens with zero attached hydrogens (tertiary/aromatic N) is 1. The van der Waals surface area contributed by atoms with Crippen LogP contribution in [0.15, 0.2) is 0 Å². The lowest BCUT2D eigenvalue weighted by molar-refractivity contribution is 0.0533. The average molecular weight is 293 g/mol. The van der Waals surface area contributed by atoms with Crippen molar-refractivity contribution in [1.29, 1.82) is 5.26 Å². The Morgan fingerprint density at radius 3 is 2.75 bits per heavy atom. The molecular formula is C14H19N3O2S. The van der Waals surface area contributed by atoms with Gasteiger partial charge in [0.15, 0.2) is 0 Å². The lowest BCUT2D eigenvalue weighted by Crippen LogP contribution is -2.33. The van der Waals surface area contributed by atoms with Gasteiger partial charge in [-0.2, -0.15) is 5.26 Å². The molecule has 0 aliphatic heterocycles. The number of carbonyl (C=O) groups excluding carboxylic acids is 1. The molecule has 0 amide bonds. The first-order valence-electron chi connectivity index (χ1n) is 6.68. The molecule has 0 bridgehead atoms. The molecule has 0 saturated heterocycles. The number of anilines is 2. The van der Waals surface area contributed by atoms with Gasteiger partial charge in [0.05, 0.1) is 12.3 Å². The predicted octanol–water partition coefficient (Wildman–Crippen LogP) is 2.98. The molecule has 1 aromatic heterocycles. The second-order valence-corrected chi connectivity index (χ2v) is 6.52. The first-order valence-corrected chi connectivity index (χ1v) is 7.50. The zero-order chi connectivity index (χ0) is 14.9. The number of nitriles is 1. The van der Waals surface area contributed by atoms with E-state index >= 15 is 0 Å². The third kappa shape index (κ3) is 2.73. The number of hydrogen-bond donors (Lipinski definition) is 2. The van der Waals surface area contributed by atoms with Gasteiger partial charge in [-0.05, 0) is 39.5 Å². The monoisotopic (exact) mass is 293 g/mol. The molecule has 0 radical (unpaired) electrons. The highest BCUT2D eigenvalue weighted by Gasteiger charge is 2.38. The lowest BCUT2D eigenvalue weighted by atomic mass is 9.99. The maximum absolute atomic E-state index is 11.8. The van der Waals surface area contributed by atoms with E-state index in [-0.39, 0.29) is 17.8 Å². The van der Waals surface area contributed by atoms with Gasteiger partial charge < -0.3 is 15.8 Å². The molecule has 0 spiro atoms. The van der Waals surface area contributed by atoms with Gasteiger partial charge in [-0.25, -0.2) is 4.79 Å². The molecule has 1 fully saturated rings. The summed E-state index contributed by atoms with van der Waals surface area (Å²) in [5, 5.41) is 13.3. The van der Waals surface area contributed by atoms with Gasteiger partial charge in [-0.15, -0.1) is 11.3 Å². The van der Waals surface area contributed by atoms with Gasteiger partial charge in [-0.1, -0.05) is 0 Å². The molecule has 1 saturated carbocycles. The van der Waals surface area contributed by atoms with Crippen molar-refractivity contribution >= 4 is 28.0 Å². The Balaban J connectivity index is 2.31. The molecule has 0 unspecified atom stereocenters. The number of thiophene rings is 1. The van der Waals surface area contributed by atoms with Crippen LogP contribution in [-0.2, 0) is 4.74 Å². The molecular weight excluding hydrogens is 274 g/mol. The minimum atomic E-state index is -0.469. The highest BCUT2D eigenvalue weighted by atomic mass is 32.1. The van der Waals surface area contributed by atoms with E-state index in [0.717, 1.165) is 0 Å². The van der Waals surface area contributed by atoms with Gasteiger partial charge in [0.1, 0.15) is 21.5 Å². The van der Waals surface area contributed by atoms with E-state index in [9.17, 15) is 10.1 Å². The van der Waals surface area contributed by atoms with Crippen LogP contribution < -0.4 is 11.1 Å². The molecule has 0 atom stereocenters. The Labute approximate surface area is 122 Å². The first-order chi connectivity index (χ1) is 9.40. The average Bonchev–Trinajstić information content (AvgIpc) is 3.17. The number of hydrogen-bond acceptors (Lipinski definition) is 6. The summed E-state index contributed by atoms with van der Waals surface area (Å²) in [5.74, 6) is 0.132. The van der Waals surface area contributed by atoms with Gasteiger partial charge in [0, 0.05) is 5.54 Å². The van der Waals surface area contributed by atoms with E-state index in [4.69, 9.17) is 10.5 Å². The maximum atomic E-state index is 11.8. The zero-order valence-electron chi connectivity index (χ0n) is 11.9. The molecule has 0 aromatic carbocycles. The number of rotatable bonds is 5.